The number of H-pyrrole nitrogens is 2. The van der Waals surface area contributed by atoms with Crippen molar-refractivity contribution in [2.24, 2.45) is 0 Å². The van der Waals surface area contributed by atoms with Gasteiger partial charge in [0.25, 0.3) is 5.56 Å². The number of tetrazole rings is 1. The van der Waals surface area contributed by atoms with Gasteiger partial charge in [0, 0.05) is 10.4 Å². The number of benzene rings is 1. The fourth-order valence-electron chi connectivity index (χ4n) is 1.84. The summed E-state index contributed by atoms with van der Waals surface area (Å²) in [5.41, 5.74) is 1.74. The van der Waals surface area contributed by atoms with Crippen molar-refractivity contribution in [3.05, 3.63) is 39.1 Å². The standard InChI is InChI=1S/C11H8ClN5O/c1-5-2-3-8(12)6-4-7(10-14-16-17-15-10)11(18)13-9(5)6/h2-4H,1H3,(H,13,18)(H,14,15,16,17). The monoisotopic (exact) mass is 261 g/mol. The van der Waals surface area contributed by atoms with Gasteiger partial charge in [-0.05, 0) is 29.8 Å². The summed E-state index contributed by atoms with van der Waals surface area (Å²) in [6.45, 7) is 1.91. The van der Waals surface area contributed by atoms with Crippen molar-refractivity contribution in [1.29, 1.82) is 0 Å². The Balaban J connectivity index is 2.41. The molecule has 3 rings (SSSR count). The Morgan fingerprint density at radius 3 is 2.89 bits per heavy atom. The molecule has 3 aromatic rings. The largest absolute Gasteiger partial charge is 0.321 e. The minimum absolute atomic E-state index is 0.246. The molecule has 0 bridgehead atoms. The van der Waals surface area contributed by atoms with E-state index in [0.29, 0.717) is 10.6 Å². The van der Waals surface area contributed by atoms with Gasteiger partial charge in [-0.3, -0.25) is 4.79 Å². The van der Waals surface area contributed by atoms with E-state index >= 15 is 0 Å². The molecule has 0 atom stereocenters. The molecule has 18 heavy (non-hydrogen) atoms. The number of hydrogen-bond acceptors (Lipinski definition) is 4. The molecule has 1 aromatic carbocycles. The second-order valence-corrected chi connectivity index (χ2v) is 4.31. The van der Waals surface area contributed by atoms with Crippen LogP contribution < -0.4 is 5.56 Å². The number of nitrogens with zero attached hydrogens (tertiary/aromatic N) is 3. The summed E-state index contributed by atoms with van der Waals surface area (Å²) in [5.74, 6) is 0.246. The van der Waals surface area contributed by atoms with E-state index in [2.05, 4.69) is 25.6 Å². The third-order valence-electron chi connectivity index (χ3n) is 2.76. The zero-order valence-corrected chi connectivity index (χ0v) is 10.1. The maximum atomic E-state index is 12.0. The van der Waals surface area contributed by atoms with Crippen LogP contribution in [0.15, 0.2) is 23.0 Å². The fraction of sp³-hybridized carbons (Fsp3) is 0.0909. The lowest BCUT2D eigenvalue weighted by atomic mass is 10.1. The number of halogens is 1. The van der Waals surface area contributed by atoms with E-state index in [4.69, 9.17) is 11.6 Å². The van der Waals surface area contributed by atoms with Crippen molar-refractivity contribution in [3.63, 3.8) is 0 Å². The van der Waals surface area contributed by atoms with E-state index in [-0.39, 0.29) is 11.4 Å². The summed E-state index contributed by atoms with van der Waals surface area (Å²) in [5, 5.41) is 14.7. The second-order valence-electron chi connectivity index (χ2n) is 3.90. The van der Waals surface area contributed by atoms with E-state index in [1.165, 1.54) is 0 Å². The van der Waals surface area contributed by atoms with Gasteiger partial charge < -0.3 is 4.98 Å². The van der Waals surface area contributed by atoms with Gasteiger partial charge in [0.15, 0.2) is 0 Å². The highest BCUT2D eigenvalue weighted by molar-refractivity contribution is 6.35. The third kappa shape index (κ3) is 1.58. The normalized spacial score (nSPS) is 11.0. The molecule has 0 saturated heterocycles. The first kappa shape index (κ1) is 10.9. The lowest BCUT2D eigenvalue weighted by Gasteiger charge is -2.05. The Labute approximate surface area is 106 Å². The fourth-order valence-corrected chi connectivity index (χ4v) is 2.05. The van der Waals surface area contributed by atoms with Crippen molar-refractivity contribution in [2.75, 3.05) is 0 Å². The van der Waals surface area contributed by atoms with Gasteiger partial charge in [0.2, 0.25) is 5.82 Å². The van der Waals surface area contributed by atoms with E-state index in [0.717, 1.165) is 16.5 Å². The predicted molar refractivity (Wildman–Crippen MR) is 67.5 cm³/mol. The van der Waals surface area contributed by atoms with Crippen LogP contribution in [0.5, 0.6) is 0 Å². The van der Waals surface area contributed by atoms with Crippen molar-refractivity contribution in [2.45, 2.75) is 6.92 Å². The molecule has 0 amide bonds. The van der Waals surface area contributed by atoms with Gasteiger partial charge >= 0.3 is 0 Å². The lowest BCUT2D eigenvalue weighted by Crippen LogP contribution is -2.10. The predicted octanol–water partition coefficient (Wildman–Crippen LogP) is 1.67. The second kappa shape index (κ2) is 3.92. The summed E-state index contributed by atoms with van der Waals surface area (Å²) >= 11 is 6.13. The highest BCUT2D eigenvalue weighted by Gasteiger charge is 2.12. The molecule has 7 heteroatoms. The van der Waals surface area contributed by atoms with Crippen molar-refractivity contribution in [1.82, 2.24) is 25.6 Å². The Morgan fingerprint density at radius 2 is 2.17 bits per heavy atom. The van der Waals surface area contributed by atoms with Gasteiger partial charge in [-0.15, -0.1) is 10.2 Å². The molecule has 0 saturated carbocycles. The van der Waals surface area contributed by atoms with Crippen LogP contribution in [0.4, 0.5) is 0 Å². The Morgan fingerprint density at radius 1 is 1.33 bits per heavy atom. The summed E-state index contributed by atoms with van der Waals surface area (Å²) in [4.78, 5) is 14.8. The third-order valence-corrected chi connectivity index (χ3v) is 3.09. The number of hydrogen-bond donors (Lipinski definition) is 2. The van der Waals surface area contributed by atoms with Crippen LogP contribution in [0.2, 0.25) is 5.02 Å². The summed E-state index contributed by atoms with van der Waals surface area (Å²) in [6, 6.07) is 5.32. The van der Waals surface area contributed by atoms with Gasteiger partial charge in [-0.2, -0.15) is 5.21 Å². The first-order chi connectivity index (χ1) is 8.66. The van der Waals surface area contributed by atoms with Gasteiger partial charge in [0.05, 0.1) is 11.1 Å². The van der Waals surface area contributed by atoms with E-state index in [1.807, 2.05) is 13.0 Å². The molecular weight excluding hydrogens is 254 g/mol. The van der Waals surface area contributed by atoms with E-state index in [1.54, 1.807) is 12.1 Å². The maximum absolute atomic E-state index is 12.0. The molecule has 0 spiro atoms. The van der Waals surface area contributed by atoms with E-state index < -0.39 is 0 Å². The zero-order chi connectivity index (χ0) is 12.7. The van der Waals surface area contributed by atoms with Gasteiger partial charge in [-0.1, -0.05) is 17.7 Å². The van der Waals surface area contributed by atoms with Crippen LogP contribution in [0.1, 0.15) is 5.56 Å². The van der Waals surface area contributed by atoms with Crippen LogP contribution in [0.25, 0.3) is 22.3 Å². The van der Waals surface area contributed by atoms with Gasteiger partial charge in [-0.25, -0.2) is 0 Å². The Hall–Kier alpha value is -2.21. The topological polar surface area (TPSA) is 87.3 Å². The minimum Gasteiger partial charge on any atom is -0.321 e. The maximum Gasteiger partial charge on any atom is 0.259 e. The average molecular weight is 262 g/mol. The molecule has 0 aliphatic rings. The molecule has 2 heterocycles. The summed E-state index contributed by atoms with van der Waals surface area (Å²) < 4.78 is 0. The molecule has 0 unspecified atom stereocenters. The number of pyridine rings is 1. The molecule has 2 N–H and O–H groups in total. The van der Waals surface area contributed by atoms with Gasteiger partial charge in [0.1, 0.15) is 0 Å². The first-order valence-corrected chi connectivity index (χ1v) is 5.60. The first-order valence-electron chi connectivity index (χ1n) is 5.23. The summed E-state index contributed by atoms with van der Waals surface area (Å²) in [6.07, 6.45) is 0. The lowest BCUT2D eigenvalue weighted by molar-refractivity contribution is 0.881. The molecule has 2 aromatic heterocycles. The number of aromatic amines is 2. The highest BCUT2D eigenvalue weighted by Crippen LogP contribution is 2.25. The molecule has 6 nitrogen and oxygen atoms in total. The molecular formula is C11H8ClN5O. The molecule has 0 radical (unpaired) electrons. The minimum atomic E-state index is -0.269. The van der Waals surface area contributed by atoms with Crippen molar-refractivity contribution < 1.29 is 0 Å². The average Bonchev–Trinajstić information content (AvgIpc) is 2.87. The van der Waals surface area contributed by atoms with Crippen LogP contribution in [0.3, 0.4) is 0 Å². The molecule has 90 valence electrons. The zero-order valence-electron chi connectivity index (χ0n) is 9.36. The molecule has 0 aliphatic carbocycles. The number of rotatable bonds is 1. The molecule has 0 aliphatic heterocycles. The van der Waals surface area contributed by atoms with Crippen molar-refractivity contribution in [3.8, 4) is 11.4 Å². The van der Waals surface area contributed by atoms with E-state index in [9.17, 15) is 4.79 Å². The Bertz CT molecular complexity index is 778. The quantitative estimate of drug-likeness (QED) is 0.697. The SMILES string of the molecule is Cc1ccc(Cl)c2cc(-c3nn[nH]n3)c(=O)[nH]c12. The number of aromatic nitrogens is 5. The Kier molecular flexibility index (Phi) is 2.38. The number of nitrogens with one attached hydrogen (secondary N) is 2. The van der Waals surface area contributed by atoms with Crippen LogP contribution >= 0.6 is 11.6 Å². The van der Waals surface area contributed by atoms with Crippen molar-refractivity contribution >= 4 is 22.5 Å². The van der Waals surface area contributed by atoms with Crippen LogP contribution in [-0.4, -0.2) is 25.6 Å². The highest BCUT2D eigenvalue weighted by atomic mass is 35.5. The number of aryl methyl sites for hydroxylation is 1. The van der Waals surface area contributed by atoms with Crippen LogP contribution in [0, 0.1) is 6.92 Å². The smallest absolute Gasteiger partial charge is 0.259 e. The summed E-state index contributed by atoms with van der Waals surface area (Å²) in [7, 11) is 0. The van der Waals surface area contributed by atoms with Crippen LogP contribution in [-0.2, 0) is 0 Å². The number of fused-ring (bicyclic) bond motifs is 1. The molecule has 0 fully saturated rings.